The van der Waals surface area contributed by atoms with E-state index in [1.165, 1.54) is 77.0 Å². The molecule has 0 aromatic heterocycles. The molecule has 0 saturated heterocycles. The maximum Gasteiger partial charge on any atom is 0.339 e. The zero-order valence-electron chi connectivity index (χ0n) is 26.6. The van der Waals surface area contributed by atoms with E-state index in [0.717, 1.165) is 58.3 Å². The van der Waals surface area contributed by atoms with Gasteiger partial charge < -0.3 is 24.8 Å². The van der Waals surface area contributed by atoms with E-state index in [2.05, 4.69) is 13.8 Å². The normalized spacial score (nSPS) is 14.3. The van der Waals surface area contributed by atoms with Gasteiger partial charge >= 0.3 is 23.5 Å². The molecule has 8 nitrogen and oxygen atoms in total. The maximum absolute atomic E-state index is 12.4. The molecule has 0 aliphatic rings. The molecule has 0 radical (unpaired) electrons. The molecule has 242 valence electrons. The number of Topliss-reactive ketones (excluding diaryl/α,β-unsaturated/α-hetero) is 1. The van der Waals surface area contributed by atoms with E-state index in [0.29, 0.717) is 12.8 Å². The number of carbonyl (C=O) groups excluding carboxylic acids is 3. The third-order valence-corrected chi connectivity index (χ3v) is 7.73. The van der Waals surface area contributed by atoms with E-state index < -0.39 is 35.9 Å². The third-order valence-electron chi connectivity index (χ3n) is 7.73. The summed E-state index contributed by atoms with van der Waals surface area (Å²) in [6.45, 7) is 4.00. The molecule has 2 unspecified atom stereocenters. The summed E-state index contributed by atoms with van der Waals surface area (Å²) in [5.74, 6) is -9.22. The van der Waals surface area contributed by atoms with Gasteiger partial charge in [0, 0.05) is 19.8 Å². The standard InChI is InChI=1S/C33H62O8/c1-4-6-8-10-12-14-16-18-20-22-24-26-30(36)40-32(38,28-34)33(39,29(3)35)41-31(37)27-25-23-21-19-17-15-13-11-9-7-5-2/h34,38-39H,4-28H2,1-3H3. The largest absolute Gasteiger partial charge is 0.423 e. The second-order valence-corrected chi connectivity index (χ2v) is 11.7. The zero-order valence-corrected chi connectivity index (χ0v) is 26.6. The van der Waals surface area contributed by atoms with Crippen molar-refractivity contribution >= 4 is 17.7 Å². The Hall–Kier alpha value is -1.51. The lowest BCUT2D eigenvalue weighted by Crippen LogP contribution is -2.65. The van der Waals surface area contributed by atoms with Gasteiger partial charge in [0.2, 0.25) is 5.78 Å². The van der Waals surface area contributed by atoms with E-state index in [-0.39, 0.29) is 12.8 Å². The topological polar surface area (TPSA) is 130 Å². The Labute approximate surface area is 250 Å². The van der Waals surface area contributed by atoms with E-state index in [4.69, 9.17) is 9.47 Å². The van der Waals surface area contributed by atoms with Crippen molar-refractivity contribution in [3.63, 3.8) is 0 Å². The van der Waals surface area contributed by atoms with Crippen LogP contribution >= 0.6 is 0 Å². The van der Waals surface area contributed by atoms with Crippen molar-refractivity contribution in [3.8, 4) is 0 Å². The minimum Gasteiger partial charge on any atom is -0.423 e. The van der Waals surface area contributed by atoms with Crippen LogP contribution in [0.4, 0.5) is 0 Å². The number of hydrogen-bond donors (Lipinski definition) is 3. The maximum atomic E-state index is 12.4. The van der Waals surface area contributed by atoms with Crippen LogP contribution in [0.1, 0.15) is 175 Å². The van der Waals surface area contributed by atoms with Crippen LogP contribution in [0.25, 0.3) is 0 Å². The van der Waals surface area contributed by atoms with Gasteiger partial charge in [-0.1, -0.05) is 142 Å². The molecule has 0 heterocycles. The summed E-state index contributed by atoms with van der Waals surface area (Å²) >= 11 is 0. The second kappa shape index (κ2) is 25.0. The summed E-state index contributed by atoms with van der Waals surface area (Å²) in [7, 11) is 0. The Kier molecular flexibility index (Phi) is 24.1. The molecule has 0 saturated carbocycles. The fourth-order valence-corrected chi connectivity index (χ4v) is 4.96. The lowest BCUT2D eigenvalue weighted by molar-refractivity contribution is -0.351. The average Bonchev–Trinajstić information content (AvgIpc) is 2.94. The van der Waals surface area contributed by atoms with Gasteiger partial charge in [0.1, 0.15) is 6.61 Å². The number of aliphatic hydroxyl groups excluding tert-OH is 1. The molecule has 41 heavy (non-hydrogen) atoms. The summed E-state index contributed by atoms with van der Waals surface area (Å²) in [6.07, 6.45) is 24.1. The fourth-order valence-electron chi connectivity index (χ4n) is 4.96. The number of rotatable bonds is 29. The van der Waals surface area contributed by atoms with Crippen LogP contribution < -0.4 is 0 Å². The van der Waals surface area contributed by atoms with Gasteiger partial charge in [-0.25, -0.2) is 0 Å². The highest BCUT2D eigenvalue weighted by Gasteiger charge is 2.60. The Morgan fingerprint density at radius 3 is 1.10 bits per heavy atom. The first-order valence-corrected chi connectivity index (χ1v) is 16.7. The Morgan fingerprint density at radius 2 is 0.805 bits per heavy atom. The first kappa shape index (κ1) is 39.5. The summed E-state index contributed by atoms with van der Waals surface area (Å²) in [6, 6.07) is 0. The fraction of sp³-hybridized carbons (Fsp3) is 0.909. The lowest BCUT2D eigenvalue weighted by atomic mass is 10.0. The molecule has 0 amide bonds. The third kappa shape index (κ3) is 18.6. The van der Waals surface area contributed by atoms with Gasteiger partial charge in [0.05, 0.1) is 0 Å². The lowest BCUT2D eigenvalue weighted by Gasteiger charge is -2.38. The van der Waals surface area contributed by atoms with Crippen molar-refractivity contribution in [1.82, 2.24) is 0 Å². The van der Waals surface area contributed by atoms with Gasteiger partial charge in [0.15, 0.2) is 0 Å². The molecule has 0 fully saturated rings. The molecule has 0 bridgehead atoms. The van der Waals surface area contributed by atoms with Crippen LogP contribution in [0.2, 0.25) is 0 Å². The van der Waals surface area contributed by atoms with Crippen LogP contribution in [0.5, 0.6) is 0 Å². The molecular formula is C33H62O8. The molecular weight excluding hydrogens is 524 g/mol. The molecule has 0 aliphatic carbocycles. The number of aliphatic hydroxyl groups is 3. The predicted octanol–water partition coefficient (Wildman–Crippen LogP) is 7.43. The number of hydrogen-bond acceptors (Lipinski definition) is 8. The van der Waals surface area contributed by atoms with Crippen molar-refractivity contribution in [1.29, 1.82) is 0 Å². The van der Waals surface area contributed by atoms with Gasteiger partial charge in [-0.3, -0.25) is 14.4 Å². The molecule has 0 aliphatic heterocycles. The first-order chi connectivity index (χ1) is 19.7. The van der Waals surface area contributed by atoms with Crippen molar-refractivity contribution in [2.75, 3.05) is 6.61 Å². The highest BCUT2D eigenvalue weighted by atomic mass is 16.7. The molecule has 0 aromatic carbocycles. The number of unbranched alkanes of at least 4 members (excludes halogenated alkanes) is 20. The number of esters is 2. The molecule has 8 heteroatoms. The van der Waals surface area contributed by atoms with Gasteiger partial charge in [-0.2, -0.15) is 0 Å². The van der Waals surface area contributed by atoms with Crippen LogP contribution in [0.15, 0.2) is 0 Å². The zero-order chi connectivity index (χ0) is 30.8. The van der Waals surface area contributed by atoms with Gasteiger partial charge in [-0.05, 0) is 12.8 Å². The molecule has 0 aromatic rings. The van der Waals surface area contributed by atoms with Crippen molar-refractivity contribution in [3.05, 3.63) is 0 Å². The number of ether oxygens (including phenoxy) is 2. The Bertz CT molecular complexity index is 682. The number of ketones is 1. The first-order valence-electron chi connectivity index (χ1n) is 16.7. The Balaban J connectivity index is 4.36. The highest BCUT2D eigenvalue weighted by Crippen LogP contribution is 2.29. The van der Waals surface area contributed by atoms with Crippen molar-refractivity contribution < 1.29 is 39.2 Å². The van der Waals surface area contributed by atoms with Crippen molar-refractivity contribution in [2.45, 2.75) is 186 Å². The summed E-state index contributed by atoms with van der Waals surface area (Å²) < 4.78 is 9.88. The smallest absolute Gasteiger partial charge is 0.339 e. The van der Waals surface area contributed by atoms with Gasteiger partial charge in [-0.15, -0.1) is 0 Å². The molecule has 2 atom stereocenters. The summed E-state index contributed by atoms with van der Waals surface area (Å²) in [5.41, 5.74) is 0. The Morgan fingerprint density at radius 1 is 0.512 bits per heavy atom. The SMILES string of the molecule is CCCCCCCCCCCCCC(=O)OC(O)(CO)C(O)(OC(=O)CCCCCCCCCCCCC)C(C)=O. The minimum atomic E-state index is -3.19. The van der Waals surface area contributed by atoms with Crippen LogP contribution in [-0.4, -0.2) is 51.2 Å². The quantitative estimate of drug-likeness (QED) is 0.0468. The van der Waals surface area contributed by atoms with Gasteiger partial charge in [0.25, 0.3) is 0 Å². The highest BCUT2D eigenvalue weighted by molar-refractivity contribution is 5.87. The van der Waals surface area contributed by atoms with E-state index in [9.17, 15) is 29.7 Å². The number of carbonyl (C=O) groups is 3. The van der Waals surface area contributed by atoms with E-state index >= 15 is 0 Å². The molecule has 3 N–H and O–H groups in total. The van der Waals surface area contributed by atoms with E-state index in [1.807, 2.05) is 0 Å². The average molecular weight is 587 g/mol. The predicted molar refractivity (Wildman–Crippen MR) is 162 cm³/mol. The van der Waals surface area contributed by atoms with E-state index in [1.54, 1.807) is 0 Å². The van der Waals surface area contributed by atoms with Crippen molar-refractivity contribution in [2.24, 2.45) is 0 Å². The monoisotopic (exact) mass is 586 g/mol. The minimum absolute atomic E-state index is 0.0556. The molecule has 0 rings (SSSR count). The summed E-state index contributed by atoms with van der Waals surface area (Å²) in [4.78, 5) is 37.0. The molecule has 0 spiro atoms. The van der Waals surface area contributed by atoms with Crippen LogP contribution in [-0.2, 0) is 23.9 Å². The summed E-state index contributed by atoms with van der Waals surface area (Å²) in [5, 5.41) is 31.2. The second-order valence-electron chi connectivity index (χ2n) is 11.7. The van der Waals surface area contributed by atoms with Crippen LogP contribution in [0.3, 0.4) is 0 Å². The van der Waals surface area contributed by atoms with Crippen LogP contribution in [0, 0.1) is 0 Å².